The summed E-state index contributed by atoms with van der Waals surface area (Å²) in [6.45, 7) is 10.1. The maximum absolute atomic E-state index is 13.2. The van der Waals surface area contributed by atoms with E-state index in [1.54, 1.807) is 33.3 Å². The summed E-state index contributed by atoms with van der Waals surface area (Å²) in [6, 6.07) is 3.16. The maximum atomic E-state index is 13.2. The van der Waals surface area contributed by atoms with Crippen molar-refractivity contribution in [1.29, 1.82) is 0 Å². The van der Waals surface area contributed by atoms with Crippen molar-refractivity contribution in [3.8, 4) is 11.5 Å². The minimum atomic E-state index is -0.528. The first-order chi connectivity index (χ1) is 14.8. The van der Waals surface area contributed by atoms with E-state index in [0.29, 0.717) is 39.9 Å². The standard InChI is InChI=1S/C23H33N3O5/c1-7-31-23(28)21-20(16-9-18(29-5)19(30-6)10-17(16)24-21)25-22(27)15(4)26-11-13(2)8-14(3)12-26/h9-10,13-15,24H,7-8,11-12H2,1-6H3,(H,25,27)/t13-,14-,15+/m0/s1. The Kier molecular flexibility index (Phi) is 7.10. The number of fused-ring (bicyclic) bond motifs is 1. The van der Waals surface area contributed by atoms with E-state index in [1.165, 1.54) is 6.42 Å². The molecule has 2 heterocycles. The summed E-state index contributed by atoms with van der Waals surface area (Å²) in [5.41, 5.74) is 1.24. The van der Waals surface area contributed by atoms with Gasteiger partial charge >= 0.3 is 5.97 Å². The Morgan fingerprint density at radius 3 is 2.35 bits per heavy atom. The number of benzene rings is 1. The van der Waals surface area contributed by atoms with Gasteiger partial charge < -0.3 is 24.5 Å². The summed E-state index contributed by atoms with van der Waals surface area (Å²) < 4.78 is 16.0. The molecule has 0 radical (unpaired) electrons. The highest BCUT2D eigenvalue weighted by Gasteiger charge is 2.30. The molecule has 3 atom stereocenters. The number of H-pyrrole nitrogens is 1. The van der Waals surface area contributed by atoms with E-state index in [1.807, 2.05) is 6.92 Å². The summed E-state index contributed by atoms with van der Waals surface area (Å²) in [5, 5.41) is 3.63. The van der Waals surface area contributed by atoms with Crippen molar-refractivity contribution in [2.45, 2.75) is 40.2 Å². The molecule has 0 spiro atoms. The smallest absolute Gasteiger partial charge is 0.356 e. The SMILES string of the molecule is CCOC(=O)c1[nH]c2cc(OC)c(OC)cc2c1NC(=O)[C@@H](C)N1C[C@@H](C)C[C@H](C)C1. The number of anilines is 1. The van der Waals surface area contributed by atoms with Crippen molar-refractivity contribution in [1.82, 2.24) is 9.88 Å². The number of esters is 1. The molecule has 1 saturated heterocycles. The first kappa shape index (κ1) is 22.9. The maximum Gasteiger partial charge on any atom is 0.356 e. The van der Waals surface area contributed by atoms with Crippen LogP contribution in [-0.4, -0.2) is 61.7 Å². The predicted molar refractivity (Wildman–Crippen MR) is 120 cm³/mol. The molecule has 8 nitrogen and oxygen atoms in total. The monoisotopic (exact) mass is 431 g/mol. The molecule has 1 aliphatic rings. The number of amides is 1. The molecule has 2 N–H and O–H groups in total. The van der Waals surface area contributed by atoms with Crippen LogP contribution in [-0.2, 0) is 9.53 Å². The van der Waals surface area contributed by atoms with Crippen LogP contribution in [0.3, 0.4) is 0 Å². The van der Waals surface area contributed by atoms with Crippen molar-refractivity contribution in [3.63, 3.8) is 0 Å². The van der Waals surface area contributed by atoms with Gasteiger partial charge in [-0.1, -0.05) is 13.8 Å². The number of carbonyl (C=O) groups excluding carboxylic acids is 2. The van der Waals surface area contributed by atoms with E-state index in [9.17, 15) is 9.59 Å². The third kappa shape index (κ3) is 4.79. The van der Waals surface area contributed by atoms with Crippen molar-refractivity contribution < 1.29 is 23.8 Å². The fourth-order valence-electron chi connectivity index (χ4n) is 4.43. The third-order valence-electron chi connectivity index (χ3n) is 5.85. The Bertz CT molecular complexity index is 944. The molecular weight excluding hydrogens is 398 g/mol. The molecule has 0 aliphatic carbocycles. The van der Waals surface area contributed by atoms with Crippen molar-refractivity contribution in [2.24, 2.45) is 11.8 Å². The molecule has 8 heteroatoms. The highest BCUT2D eigenvalue weighted by Crippen LogP contribution is 2.37. The fourth-order valence-corrected chi connectivity index (χ4v) is 4.43. The molecule has 0 saturated carbocycles. The van der Waals surface area contributed by atoms with Crippen LogP contribution in [0.15, 0.2) is 12.1 Å². The van der Waals surface area contributed by atoms with Gasteiger partial charge in [0.25, 0.3) is 0 Å². The molecule has 0 bridgehead atoms. The predicted octanol–water partition coefficient (Wildman–Crippen LogP) is 3.67. The molecule has 2 aromatic rings. The Morgan fingerprint density at radius 1 is 1.16 bits per heavy atom. The number of nitrogens with zero attached hydrogens (tertiary/aromatic N) is 1. The largest absolute Gasteiger partial charge is 0.493 e. The number of piperidine rings is 1. The van der Waals surface area contributed by atoms with Crippen LogP contribution >= 0.6 is 0 Å². The lowest BCUT2D eigenvalue weighted by Crippen LogP contribution is -2.48. The molecule has 1 aromatic carbocycles. The number of hydrogen-bond acceptors (Lipinski definition) is 6. The molecule has 31 heavy (non-hydrogen) atoms. The lowest BCUT2D eigenvalue weighted by Gasteiger charge is -2.38. The number of hydrogen-bond donors (Lipinski definition) is 2. The Labute approximate surface area is 183 Å². The normalized spacial score (nSPS) is 20.3. The van der Waals surface area contributed by atoms with Crippen LogP contribution in [0.2, 0.25) is 0 Å². The number of methoxy groups -OCH3 is 2. The van der Waals surface area contributed by atoms with E-state index < -0.39 is 5.97 Å². The quantitative estimate of drug-likeness (QED) is 0.650. The van der Waals surface area contributed by atoms with Gasteiger partial charge in [-0.15, -0.1) is 0 Å². The fraction of sp³-hybridized carbons (Fsp3) is 0.565. The topological polar surface area (TPSA) is 92.9 Å². The number of aromatic amines is 1. The van der Waals surface area contributed by atoms with Crippen LogP contribution in [0.25, 0.3) is 10.9 Å². The first-order valence-electron chi connectivity index (χ1n) is 10.8. The van der Waals surface area contributed by atoms with Crippen molar-refractivity contribution in [2.75, 3.05) is 39.2 Å². The summed E-state index contributed by atoms with van der Waals surface area (Å²) in [6.07, 6.45) is 1.17. The lowest BCUT2D eigenvalue weighted by atomic mass is 9.91. The lowest BCUT2D eigenvalue weighted by molar-refractivity contribution is -0.121. The van der Waals surface area contributed by atoms with Crippen LogP contribution in [0.5, 0.6) is 11.5 Å². The first-order valence-corrected chi connectivity index (χ1v) is 10.8. The van der Waals surface area contributed by atoms with Gasteiger partial charge in [0.05, 0.1) is 38.1 Å². The number of rotatable bonds is 7. The zero-order valence-corrected chi connectivity index (χ0v) is 19.2. The van der Waals surface area contributed by atoms with Gasteiger partial charge in [0.2, 0.25) is 5.91 Å². The summed E-state index contributed by atoms with van der Waals surface area (Å²) in [5.74, 6) is 1.42. The molecule has 1 aromatic heterocycles. The number of likely N-dealkylation sites (tertiary alicyclic amines) is 1. The third-order valence-corrected chi connectivity index (χ3v) is 5.85. The molecular formula is C23H33N3O5. The second kappa shape index (κ2) is 9.60. The second-order valence-electron chi connectivity index (χ2n) is 8.41. The Morgan fingerprint density at radius 2 is 1.77 bits per heavy atom. The number of ether oxygens (including phenoxy) is 3. The van der Waals surface area contributed by atoms with Crippen LogP contribution in [0.4, 0.5) is 5.69 Å². The van der Waals surface area contributed by atoms with Crippen LogP contribution in [0, 0.1) is 11.8 Å². The average Bonchev–Trinajstić information content (AvgIpc) is 3.08. The molecule has 1 amide bonds. The molecule has 1 aliphatic heterocycles. The zero-order valence-electron chi connectivity index (χ0n) is 19.2. The Hall–Kier alpha value is -2.74. The number of carbonyl (C=O) groups is 2. The molecule has 170 valence electrons. The average molecular weight is 432 g/mol. The zero-order chi connectivity index (χ0) is 22.7. The van der Waals surface area contributed by atoms with E-state index in [2.05, 4.69) is 29.0 Å². The van der Waals surface area contributed by atoms with Gasteiger partial charge in [-0.3, -0.25) is 9.69 Å². The van der Waals surface area contributed by atoms with Gasteiger partial charge in [0.1, 0.15) is 5.69 Å². The molecule has 1 fully saturated rings. The van der Waals surface area contributed by atoms with Crippen molar-refractivity contribution in [3.05, 3.63) is 17.8 Å². The van der Waals surface area contributed by atoms with E-state index in [4.69, 9.17) is 14.2 Å². The highest BCUT2D eigenvalue weighted by molar-refractivity contribution is 6.12. The van der Waals surface area contributed by atoms with Gasteiger partial charge in [-0.05, 0) is 38.2 Å². The minimum absolute atomic E-state index is 0.164. The van der Waals surface area contributed by atoms with Crippen LogP contribution < -0.4 is 14.8 Å². The van der Waals surface area contributed by atoms with E-state index in [-0.39, 0.29) is 24.2 Å². The highest BCUT2D eigenvalue weighted by atomic mass is 16.5. The van der Waals surface area contributed by atoms with Gasteiger partial charge in [0, 0.05) is 24.5 Å². The van der Waals surface area contributed by atoms with Crippen LogP contribution in [0.1, 0.15) is 44.6 Å². The van der Waals surface area contributed by atoms with Gasteiger partial charge in [-0.25, -0.2) is 4.79 Å². The summed E-state index contributed by atoms with van der Waals surface area (Å²) in [7, 11) is 3.09. The van der Waals surface area contributed by atoms with E-state index in [0.717, 1.165) is 13.1 Å². The van der Waals surface area contributed by atoms with Gasteiger partial charge in [0.15, 0.2) is 11.5 Å². The summed E-state index contributed by atoms with van der Waals surface area (Å²) >= 11 is 0. The van der Waals surface area contributed by atoms with Gasteiger partial charge in [-0.2, -0.15) is 0 Å². The number of nitrogens with one attached hydrogen (secondary N) is 2. The molecule has 3 rings (SSSR count). The minimum Gasteiger partial charge on any atom is -0.493 e. The van der Waals surface area contributed by atoms with E-state index >= 15 is 0 Å². The summed E-state index contributed by atoms with van der Waals surface area (Å²) in [4.78, 5) is 31.1. The molecule has 0 unspecified atom stereocenters. The second-order valence-corrected chi connectivity index (χ2v) is 8.41. The Balaban J connectivity index is 1.97. The van der Waals surface area contributed by atoms with Crippen molar-refractivity contribution >= 4 is 28.5 Å². The number of aromatic nitrogens is 1.